The number of imidazole rings is 1. The van der Waals surface area contributed by atoms with Gasteiger partial charge in [-0.05, 0) is 17.7 Å². The van der Waals surface area contributed by atoms with E-state index in [1.807, 2.05) is 35.0 Å². The van der Waals surface area contributed by atoms with Gasteiger partial charge in [-0.15, -0.1) is 17.5 Å². The van der Waals surface area contributed by atoms with Crippen molar-refractivity contribution in [2.75, 3.05) is 0 Å². The van der Waals surface area contributed by atoms with Gasteiger partial charge in [0.15, 0.2) is 5.82 Å². The van der Waals surface area contributed by atoms with Crippen molar-refractivity contribution in [3.8, 4) is 0 Å². The summed E-state index contributed by atoms with van der Waals surface area (Å²) in [4.78, 5) is 4.16. The van der Waals surface area contributed by atoms with Gasteiger partial charge in [0.1, 0.15) is 0 Å². The number of halogens is 2. The molecule has 0 atom stereocenters. The molecule has 2 aromatic rings. The zero-order chi connectivity index (χ0) is 13.7. The third kappa shape index (κ3) is 4.56. The molecule has 0 saturated carbocycles. The summed E-state index contributed by atoms with van der Waals surface area (Å²) in [5, 5.41) is 7.97. The average Bonchev–Trinajstić information content (AvgIpc) is 2.76. The highest BCUT2D eigenvalue weighted by Crippen LogP contribution is 2.12. The predicted octanol–water partition coefficient (Wildman–Crippen LogP) is 1.61. The molecule has 0 bridgehead atoms. The van der Waals surface area contributed by atoms with Crippen LogP contribution in [-0.4, -0.2) is 21.7 Å². The summed E-state index contributed by atoms with van der Waals surface area (Å²) in [6.45, 7) is 0.643. The minimum Gasteiger partial charge on any atom is -0.369 e. The lowest BCUT2D eigenvalue weighted by Gasteiger charge is -2.05. The minimum atomic E-state index is -0.0933. The zero-order valence-corrected chi connectivity index (χ0v) is 12.1. The summed E-state index contributed by atoms with van der Waals surface area (Å²) < 4.78 is 1.91. The van der Waals surface area contributed by atoms with Crippen LogP contribution in [-0.2, 0) is 6.54 Å². The second-order valence-corrected chi connectivity index (χ2v) is 4.25. The summed E-state index contributed by atoms with van der Waals surface area (Å²) in [5.41, 5.74) is 11.4. The molecule has 106 valence electrons. The number of rotatable bonds is 4. The zero-order valence-electron chi connectivity index (χ0n) is 10.5. The summed E-state index contributed by atoms with van der Waals surface area (Å²) in [7, 11) is 0. The Balaban J connectivity index is 0.00000200. The maximum Gasteiger partial charge on any atom is 0.211 e. The van der Waals surface area contributed by atoms with Gasteiger partial charge in [0.2, 0.25) is 5.96 Å². The fourth-order valence-electron chi connectivity index (χ4n) is 1.56. The quantitative estimate of drug-likeness (QED) is 0.510. The predicted molar refractivity (Wildman–Crippen MR) is 83.4 cm³/mol. The summed E-state index contributed by atoms with van der Waals surface area (Å²) in [5.74, 6) is 0.564. The van der Waals surface area contributed by atoms with Gasteiger partial charge in [-0.25, -0.2) is 4.98 Å². The van der Waals surface area contributed by atoms with Crippen LogP contribution in [0.3, 0.4) is 0 Å². The first-order valence-electron chi connectivity index (χ1n) is 5.52. The Morgan fingerprint density at radius 2 is 2.20 bits per heavy atom. The molecule has 1 aromatic carbocycles. The molecular weight excluding hydrogens is 299 g/mol. The van der Waals surface area contributed by atoms with Gasteiger partial charge in [0.25, 0.3) is 0 Å². The van der Waals surface area contributed by atoms with E-state index in [4.69, 9.17) is 23.1 Å². The number of nitrogens with two attached hydrogens (primary N) is 2. The molecule has 0 amide bonds. The average molecular weight is 313 g/mol. The van der Waals surface area contributed by atoms with Gasteiger partial charge in [-0.1, -0.05) is 23.7 Å². The molecule has 6 nitrogen and oxygen atoms in total. The minimum absolute atomic E-state index is 0. The van der Waals surface area contributed by atoms with Crippen LogP contribution in [0.2, 0.25) is 5.02 Å². The fourth-order valence-corrected chi connectivity index (χ4v) is 1.77. The Morgan fingerprint density at radius 3 is 2.90 bits per heavy atom. The molecule has 0 spiro atoms. The first-order valence-corrected chi connectivity index (χ1v) is 5.90. The van der Waals surface area contributed by atoms with E-state index in [0.29, 0.717) is 17.4 Å². The largest absolute Gasteiger partial charge is 0.369 e. The summed E-state index contributed by atoms with van der Waals surface area (Å²) >= 11 is 5.95. The van der Waals surface area contributed by atoms with Crippen molar-refractivity contribution in [1.82, 2.24) is 9.55 Å². The number of aromatic nitrogens is 2. The van der Waals surface area contributed by atoms with Crippen LogP contribution >= 0.6 is 24.0 Å². The molecule has 0 aliphatic heterocycles. The molecule has 0 aliphatic rings. The van der Waals surface area contributed by atoms with Crippen molar-refractivity contribution in [1.29, 1.82) is 0 Å². The van der Waals surface area contributed by atoms with Crippen LogP contribution in [0.5, 0.6) is 0 Å². The van der Waals surface area contributed by atoms with Gasteiger partial charge < -0.3 is 16.0 Å². The number of hydrogen-bond acceptors (Lipinski definition) is 3. The van der Waals surface area contributed by atoms with E-state index in [-0.39, 0.29) is 18.4 Å². The first kappa shape index (κ1) is 16.0. The van der Waals surface area contributed by atoms with Crippen molar-refractivity contribution in [2.24, 2.45) is 21.7 Å². The molecule has 1 aromatic heterocycles. The number of hydrogen-bond donors (Lipinski definition) is 2. The lowest BCUT2D eigenvalue weighted by Crippen LogP contribution is -2.21. The Kier molecular flexibility index (Phi) is 6.02. The SMILES string of the molecule is Cl.NC(N)=N/N=C/c1nccn1Cc1cccc(Cl)c1. The van der Waals surface area contributed by atoms with Crippen molar-refractivity contribution in [3.63, 3.8) is 0 Å². The van der Waals surface area contributed by atoms with E-state index in [9.17, 15) is 0 Å². The lowest BCUT2D eigenvalue weighted by molar-refractivity contribution is 0.789. The van der Waals surface area contributed by atoms with Crippen LogP contribution in [0, 0.1) is 0 Å². The Hall–Kier alpha value is -2.05. The topological polar surface area (TPSA) is 94.6 Å². The molecule has 0 radical (unpaired) electrons. The van der Waals surface area contributed by atoms with Gasteiger partial charge in [0, 0.05) is 24.0 Å². The highest BCUT2D eigenvalue weighted by atomic mass is 35.5. The monoisotopic (exact) mass is 312 g/mol. The number of nitrogens with zero attached hydrogens (tertiary/aromatic N) is 4. The Bertz CT molecular complexity index is 616. The van der Waals surface area contributed by atoms with E-state index in [0.717, 1.165) is 5.56 Å². The Labute approximate surface area is 127 Å². The third-order valence-corrected chi connectivity index (χ3v) is 2.57. The Morgan fingerprint density at radius 1 is 1.40 bits per heavy atom. The summed E-state index contributed by atoms with van der Waals surface area (Å²) in [6.07, 6.45) is 5.02. The number of guanidine groups is 1. The molecule has 0 unspecified atom stereocenters. The molecule has 0 saturated heterocycles. The van der Waals surface area contributed by atoms with Crippen LogP contribution < -0.4 is 11.5 Å². The molecule has 0 fully saturated rings. The van der Waals surface area contributed by atoms with Crippen LogP contribution in [0.25, 0.3) is 0 Å². The molecule has 0 aliphatic carbocycles. The molecule has 20 heavy (non-hydrogen) atoms. The smallest absolute Gasteiger partial charge is 0.211 e. The summed E-state index contributed by atoms with van der Waals surface area (Å²) in [6, 6.07) is 7.63. The third-order valence-electron chi connectivity index (χ3n) is 2.34. The molecule has 8 heteroatoms. The van der Waals surface area contributed by atoms with Gasteiger partial charge in [-0.3, -0.25) is 0 Å². The van der Waals surface area contributed by atoms with E-state index < -0.39 is 0 Å². The van der Waals surface area contributed by atoms with Crippen molar-refractivity contribution in [3.05, 3.63) is 53.1 Å². The maximum atomic E-state index is 5.95. The van der Waals surface area contributed by atoms with Crippen molar-refractivity contribution >= 4 is 36.2 Å². The van der Waals surface area contributed by atoms with Gasteiger partial charge in [0.05, 0.1) is 6.21 Å². The molecular formula is C12H14Cl2N6. The molecule has 4 N–H and O–H groups in total. The number of benzene rings is 1. The second kappa shape index (κ2) is 7.52. The normalized spacial score (nSPS) is 10.2. The van der Waals surface area contributed by atoms with E-state index in [1.165, 1.54) is 6.21 Å². The molecule has 1 heterocycles. The van der Waals surface area contributed by atoms with E-state index in [2.05, 4.69) is 15.2 Å². The standard InChI is InChI=1S/C12H13ClN6.ClH/c13-10-3-1-2-9(6-10)8-19-5-4-16-11(19)7-17-18-12(14)15;/h1-7H,8H2,(H4,14,15,18);1H/b17-7+;. The van der Waals surface area contributed by atoms with Crippen LogP contribution in [0.1, 0.15) is 11.4 Å². The van der Waals surface area contributed by atoms with Crippen molar-refractivity contribution in [2.45, 2.75) is 6.54 Å². The fraction of sp³-hybridized carbons (Fsp3) is 0.0833. The van der Waals surface area contributed by atoms with E-state index >= 15 is 0 Å². The first-order chi connectivity index (χ1) is 9.15. The van der Waals surface area contributed by atoms with Crippen LogP contribution in [0.15, 0.2) is 46.9 Å². The highest BCUT2D eigenvalue weighted by molar-refractivity contribution is 6.30. The van der Waals surface area contributed by atoms with Gasteiger partial charge >= 0.3 is 0 Å². The van der Waals surface area contributed by atoms with Crippen LogP contribution in [0.4, 0.5) is 0 Å². The molecule has 2 rings (SSSR count). The van der Waals surface area contributed by atoms with E-state index in [1.54, 1.807) is 6.20 Å². The van der Waals surface area contributed by atoms with Crippen molar-refractivity contribution < 1.29 is 0 Å². The lowest BCUT2D eigenvalue weighted by atomic mass is 10.2. The highest BCUT2D eigenvalue weighted by Gasteiger charge is 2.01. The maximum absolute atomic E-state index is 5.95. The van der Waals surface area contributed by atoms with Gasteiger partial charge in [-0.2, -0.15) is 5.10 Å². The second-order valence-electron chi connectivity index (χ2n) is 3.81.